The molecule has 2 rings (SSSR count). The van der Waals surface area contributed by atoms with Gasteiger partial charge in [-0.25, -0.2) is 0 Å². The first-order valence-corrected chi connectivity index (χ1v) is 7.31. The highest BCUT2D eigenvalue weighted by atomic mass is 16.1. The topological polar surface area (TPSA) is 43.1 Å². The molecule has 0 radical (unpaired) electrons. The lowest BCUT2D eigenvalue weighted by molar-refractivity contribution is -0.128. The average Bonchev–Trinajstić information content (AvgIpc) is 2.39. The van der Waals surface area contributed by atoms with E-state index in [1.165, 1.54) is 12.8 Å². The zero-order valence-corrected chi connectivity index (χ0v) is 12.3. The van der Waals surface area contributed by atoms with Gasteiger partial charge in [0.05, 0.1) is 0 Å². The van der Waals surface area contributed by atoms with E-state index >= 15 is 0 Å². The van der Waals surface area contributed by atoms with Crippen molar-refractivity contribution in [3.05, 3.63) is 29.8 Å². The van der Waals surface area contributed by atoms with E-state index in [0.29, 0.717) is 5.78 Å². The highest BCUT2D eigenvalue weighted by Gasteiger charge is 2.36. The van der Waals surface area contributed by atoms with Crippen LogP contribution in [0.3, 0.4) is 0 Å². The highest BCUT2D eigenvalue weighted by molar-refractivity contribution is 5.91. The molecule has 0 aliphatic heterocycles. The Morgan fingerprint density at radius 2 is 1.63 bits per heavy atom. The molecular formula is C17H25NO. The molecule has 1 aromatic carbocycles. The minimum absolute atomic E-state index is 0.240. The number of nitrogens with two attached hydrogens (primary N) is 1. The fourth-order valence-corrected chi connectivity index (χ4v) is 3.07. The number of hydrogen-bond acceptors (Lipinski definition) is 2. The first kappa shape index (κ1) is 14.1. The van der Waals surface area contributed by atoms with Crippen molar-refractivity contribution in [3.63, 3.8) is 0 Å². The zero-order chi connectivity index (χ0) is 14.0. The Bertz CT molecular complexity index is 439. The van der Waals surface area contributed by atoms with Gasteiger partial charge in [0.15, 0.2) is 0 Å². The summed E-state index contributed by atoms with van der Waals surface area (Å²) in [7, 11) is 0. The van der Waals surface area contributed by atoms with E-state index in [9.17, 15) is 4.79 Å². The summed E-state index contributed by atoms with van der Waals surface area (Å²) in [5, 5.41) is 0. The Balaban J connectivity index is 2.14. The maximum absolute atomic E-state index is 12.8. The van der Waals surface area contributed by atoms with E-state index in [1.54, 1.807) is 0 Å². The monoisotopic (exact) mass is 259 g/mol. The third-order valence-electron chi connectivity index (χ3n) is 4.64. The average molecular weight is 259 g/mol. The van der Waals surface area contributed by atoms with Crippen molar-refractivity contribution < 1.29 is 4.79 Å². The molecule has 0 aromatic heterocycles. The van der Waals surface area contributed by atoms with Gasteiger partial charge in [-0.3, -0.25) is 4.79 Å². The van der Waals surface area contributed by atoms with E-state index < -0.39 is 5.41 Å². The lowest BCUT2D eigenvalue weighted by Gasteiger charge is -2.32. The summed E-state index contributed by atoms with van der Waals surface area (Å²) in [6, 6.07) is 7.73. The Morgan fingerprint density at radius 1 is 1.11 bits per heavy atom. The van der Waals surface area contributed by atoms with E-state index in [0.717, 1.165) is 30.0 Å². The predicted octanol–water partition coefficient (Wildman–Crippen LogP) is 3.94. The minimum atomic E-state index is -0.404. The Hall–Kier alpha value is -1.31. The summed E-state index contributed by atoms with van der Waals surface area (Å²) in [6.45, 7) is 6.36. The second-order valence-electron chi connectivity index (χ2n) is 6.57. The van der Waals surface area contributed by atoms with Crippen molar-refractivity contribution in [3.8, 4) is 0 Å². The fraction of sp³-hybridized carbons (Fsp3) is 0.588. The van der Waals surface area contributed by atoms with Gasteiger partial charge >= 0.3 is 0 Å². The van der Waals surface area contributed by atoms with Gasteiger partial charge in [0.1, 0.15) is 5.78 Å². The molecule has 0 amide bonds. The summed E-state index contributed by atoms with van der Waals surface area (Å²) in [4.78, 5) is 12.8. The van der Waals surface area contributed by atoms with Crippen LogP contribution < -0.4 is 5.73 Å². The lowest BCUT2D eigenvalue weighted by atomic mass is 9.70. The molecule has 2 N–H and O–H groups in total. The number of ketones is 1. The van der Waals surface area contributed by atoms with Crippen molar-refractivity contribution in [2.45, 2.75) is 51.9 Å². The van der Waals surface area contributed by atoms with Gasteiger partial charge in [-0.05, 0) is 50.3 Å². The van der Waals surface area contributed by atoms with Crippen molar-refractivity contribution in [2.24, 2.45) is 11.8 Å². The zero-order valence-electron chi connectivity index (χ0n) is 12.3. The van der Waals surface area contributed by atoms with Crippen LogP contribution in [0.5, 0.6) is 0 Å². The molecule has 19 heavy (non-hydrogen) atoms. The molecule has 1 aliphatic rings. The Kier molecular flexibility index (Phi) is 3.98. The van der Waals surface area contributed by atoms with E-state index in [4.69, 9.17) is 5.73 Å². The molecular weight excluding hydrogens is 234 g/mol. The van der Waals surface area contributed by atoms with Gasteiger partial charge < -0.3 is 5.73 Å². The van der Waals surface area contributed by atoms with Crippen molar-refractivity contribution >= 4 is 11.5 Å². The number of benzene rings is 1. The maximum Gasteiger partial charge on any atom is 0.145 e. The minimum Gasteiger partial charge on any atom is -0.399 e. The van der Waals surface area contributed by atoms with Crippen LogP contribution in [0.25, 0.3) is 0 Å². The SMILES string of the molecule is CC1CCC(C(=O)C(C)(C)c2ccc(N)cc2)CC1. The fourth-order valence-electron chi connectivity index (χ4n) is 3.07. The smallest absolute Gasteiger partial charge is 0.145 e. The van der Waals surface area contributed by atoms with Crippen molar-refractivity contribution in [1.29, 1.82) is 0 Å². The normalized spacial score (nSPS) is 24.2. The van der Waals surface area contributed by atoms with Crippen molar-refractivity contribution in [2.75, 3.05) is 5.73 Å². The lowest BCUT2D eigenvalue weighted by Crippen LogP contribution is -2.36. The summed E-state index contributed by atoms with van der Waals surface area (Å²) < 4.78 is 0. The summed E-state index contributed by atoms with van der Waals surface area (Å²) in [6.07, 6.45) is 4.49. The van der Waals surface area contributed by atoms with Crippen LogP contribution in [0.15, 0.2) is 24.3 Å². The number of nitrogen functional groups attached to an aromatic ring is 1. The molecule has 0 atom stereocenters. The summed E-state index contributed by atoms with van der Waals surface area (Å²) in [5.74, 6) is 1.41. The van der Waals surface area contributed by atoms with Crippen LogP contribution in [-0.2, 0) is 10.2 Å². The quantitative estimate of drug-likeness (QED) is 0.835. The van der Waals surface area contributed by atoms with Crippen LogP contribution in [0, 0.1) is 11.8 Å². The molecule has 0 heterocycles. The maximum atomic E-state index is 12.8. The standard InChI is InChI=1S/C17H25NO/c1-12-4-6-13(7-5-12)16(19)17(2,3)14-8-10-15(18)11-9-14/h8-13H,4-7,18H2,1-3H3. The second-order valence-corrected chi connectivity index (χ2v) is 6.57. The first-order valence-electron chi connectivity index (χ1n) is 7.31. The number of hydrogen-bond donors (Lipinski definition) is 1. The molecule has 1 aromatic rings. The molecule has 0 saturated heterocycles. The summed E-state index contributed by atoms with van der Waals surface area (Å²) >= 11 is 0. The molecule has 0 bridgehead atoms. The van der Waals surface area contributed by atoms with Gasteiger partial charge in [-0.15, -0.1) is 0 Å². The van der Waals surface area contributed by atoms with Gasteiger partial charge in [0, 0.05) is 17.0 Å². The number of Topliss-reactive ketones (excluding diaryl/α,β-unsaturated/α-hetero) is 1. The molecule has 1 saturated carbocycles. The van der Waals surface area contributed by atoms with E-state index in [1.807, 2.05) is 38.1 Å². The number of anilines is 1. The molecule has 2 heteroatoms. The molecule has 1 aliphatic carbocycles. The molecule has 0 unspecified atom stereocenters. The molecule has 0 spiro atoms. The second kappa shape index (κ2) is 5.36. The number of carbonyl (C=O) groups is 1. The number of rotatable bonds is 3. The third-order valence-corrected chi connectivity index (χ3v) is 4.64. The van der Waals surface area contributed by atoms with Crippen LogP contribution >= 0.6 is 0 Å². The van der Waals surface area contributed by atoms with E-state index in [2.05, 4.69) is 6.92 Å². The van der Waals surface area contributed by atoms with Crippen LogP contribution in [0.1, 0.15) is 52.0 Å². The van der Waals surface area contributed by atoms with E-state index in [-0.39, 0.29) is 5.92 Å². The van der Waals surface area contributed by atoms with Gasteiger partial charge in [0.25, 0.3) is 0 Å². The first-order chi connectivity index (χ1) is 8.91. The van der Waals surface area contributed by atoms with Crippen LogP contribution in [0.2, 0.25) is 0 Å². The molecule has 2 nitrogen and oxygen atoms in total. The van der Waals surface area contributed by atoms with Crippen LogP contribution in [-0.4, -0.2) is 5.78 Å². The Morgan fingerprint density at radius 3 is 2.16 bits per heavy atom. The predicted molar refractivity (Wildman–Crippen MR) is 80.0 cm³/mol. The highest BCUT2D eigenvalue weighted by Crippen LogP contribution is 2.35. The van der Waals surface area contributed by atoms with Crippen LogP contribution in [0.4, 0.5) is 5.69 Å². The summed E-state index contributed by atoms with van der Waals surface area (Å²) in [5.41, 5.74) is 7.14. The van der Waals surface area contributed by atoms with Crippen molar-refractivity contribution in [1.82, 2.24) is 0 Å². The third kappa shape index (κ3) is 2.99. The van der Waals surface area contributed by atoms with Gasteiger partial charge in [0.2, 0.25) is 0 Å². The number of carbonyl (C=O) groups excluding carboxylic acids is 1. The van der Waals surface area contributed by atoms with Gasteiger partial charge in [-0.2, -0.15) is 0 Å². The largest absolute Gasteiger partial charge is 0.399 e. The Labute approximate surface area is 116 Å². The molecule has 104 valence electrons. The molecule has 1 fully saturated rings. The van der Waals surface area contributed by atoms with Gasteiger partial charge in [-0.1, -0.05) is 31.9 Å².